The van der Waals surface area contributed by atoms with Gasteiger partial charge in [-0.2, -0.15) is 0 Å². The second-order valence-corrected chi connectivity index (χ2v) is 3.71. The second-order valence-electron chi connectivity index (χ2n) is 3.71. The van der Waals surface area contributed by atoms with Crippen LogP contribution >= 0.6 is 0 Å². The molecule has 0 N–H and O–H groups in total. The number of nitrogens with zero attached hydrogens (tertiary/aromatic N) is 1. The Labute approximate surface area is 70.1 Å². The van der Waals surface area contributed by atoms with E-state index >= 15 is 0 Å². The number of hydrogen-bond acceptors (Lipinski definition) is 1. The first-order chi connectivity index (χ1) is 5.22. The van der Waals surface area contributed by atoms with Crippen molar-refractivity contribution >= 4 is 0 Å². The van der Waals surface area contributed by atoms with Gasteiger partial charge >= 0.3 is 0 Å². The molecule has 0 amide bonds. The van der Waals surface area contributed by atoms with E-state index in [0.29, 0.717) is 0 Å². The third kappa shape index (κ3) is 2.33. The summed E-state index contributed by atoms with van der Waals surface area (Å²) in [5.74, 6) is 0.838. The van der Waals surface area contributed by atoms with Crippen LogP contribution in [0, 0.1) is 5.92 Å². The molecule has 0 radical (unpaired) electrons. The van der Waals surface area contributed by atoms with Gasteiger partial charge in [-0.1, -0.05) is 19.1 Å². The molecular weight excluding hydrogens is 134 g/mol. The predicted molar refractivity (Wildman–Crippen MR) is 49.6 cm³/mol. The summed E-state index contributed by atoms with van der Waals surface area (Å²) >= 11 is 0. The minimum Gasteiger partial charge on any atom is -0.300 e. The molecule has 0 saturated heterocycles. The fourth-order valence-electron chi connectivity index (χ4n) is 1.56. The van der Waals surface area contributed by atoms with Crippen LogP contribution in [0.4, 0.5) is 0 Å². The van der Waals surface area contributed by atoms with Crippen LogP contribution in [0.25, 0.3) is 0 Å². The van der Waals surface area contributed by atoms with Crippen LogP contribution in [-0.2, 0) is 0 Å². The van der Waals surface area contributed by atoms with Crippen molar-refractivity contribution in [3.63, 3.8) is 0 Å². The first kappa shape index (κ1) is 8.79. The molecule has 1 nitrogen and oxygen atoms in total. The van der Waals surface area contributed by atoms with Crippen molar-refractivity contribution < 1.29 is 0 Å². The highest BCUT2D eigenvalue weighted by Gasteiger charge is 2.16. The minimum atomic E-state index is 0.736. The highest BCUT2D eigenvalue weighted by atomic mass is 15.1. The first-order valence-electron chi connectivity index (χ1n) is 4.57. The van der Waals surface area contributed by atoms with Crippen molar-refractivity contribution in [3.8, 4) is 0 Å². The maximum atomic E-state index is 2.42. The number of rotatable bonds is 0. The lowest BCUT2D eigenvalue weighted by atomic mass is 9.95. The predicted octanol–water partition coefficient (Wildman–Crippen LogP) is 2.29. The van der Waals surface area contributed by atoms with Gasteiger partial charge in [-0.05, 0) is 32.7 Å². The molecule has 0 aliphatic carbocycles. The largest absolute Gasteiger partial charge is 0.300 e. The Morgan fingerprint density at radius 3 is 2.73 bits per heavy atom. The zero-order valence-electron chi connectivity index (χ0n) is 7.88. The lowest BCUT2D eigenvalue weighted by Gasteiger charge is -2.30. The Balaban J connectivity index is 2.54. The summed E-state index contributed by atoms with van der Waals surface area (Å²) in [6, 6.07) is 0.736. The van der Waals surface area contributed by atoms with E-state index in [9.17, 15) is 0 Å². The lowest BCUT2D eigenvalue weighted by molar-refractivity contribution is 0.207. The van der Waals surface area contributed by atoms with Crippen LogP contribution in [-0.4, -0.2) is 24.5 Å². The third-order valence-corrected chi connectivity index (χ3v) is 2.87. The molecule has 0 saturated carbocycles. The maximum absolute atomic E-state index is 2.42. The molecule has 64 valence electrons. The molecule has 11 heavy (non-hydrogen) atoms. The summed E-state index contributed by atoms with van der Waals surface area (Å²) in [6.45, 7) is 5.79. The van der Waals surface area contributed by atoms with E-state index < -0.39 is 0 Å². The molecule has 2 unspecified atom stereocenters. The molecule has 0 spiro atoms. The third-order valence-electron chi connectivity index (χ3n) is 2.87. The molecule has 2 atom stereocenters. The van der Waals surface area contributed by atoms with Crippen molar-refractivity contribution in [1.29, 1.82) is 0 Å². The van der Waals surface area contributed by atoms with Gasteiger partial charge in [-0.3, -0.25) is 4.90 Å². The minimum absolute atomic E-state index is 0.736. The Kier molecular flexibility index (Phi) is 3.13. The quantitative estimate of drug-likeness (QED) is 0.483. The Hall–Kier alpha value is -0.300. The summed E-state index contributed by atoms with van der Waals surface area (Å²) in [5.41, 5.74) is 0. The topological polar surface area (TPSA) is 3.24 Å². The van der Waals surface area contributed by atoms with Gasteiger partial charge < -0.3 is 0 Å². The molecule has 1 aliphatic heterocycles. The van der Waals surface area contributed by atoms with Crippen molar-refractivity contribution in [2.24, 2.45) is 5.92 Å². The summed E-state index contributed by atoms with van der Waals surface area (Å²) in [7, 11) is 2.21. The standard InChI is InChI=1S/C10H19N/c1-9-7-5-4-6-8-11(3)10(9)2/h4,6,9-10H,5,7-8H2,1-3H3. The number of allylic oxidation sites excluding steroid dienone is 1. The van der Waals surface area contributed by atoms with Gasteiger partial charge in [0.15, 0.2) is 0 Å². The first-order valence-corrected chi connectivity index (χ1v) is 4.57. The zero-order valence-corrected chi connectivity index (χ0v) is 7.88. The molecule has 0 fully saturated rings. The summed E-state index contributed by atoms with van der Waals surface area (Å²) < 4.78 is 0. The SMILES string of the molecule is CC1CCC=CCN(C)C1C. The highest BCUT2D eigenvalue weighted by molar-refractivity contribution is 4.89. The fourth-order valence-corrected chi connectivity index (χ4v) is 1.56. The molecular formula is C10H19N. The molecule has 1 aliphatic rings. The van der Waals surface area contributed by atoms with E-state index in [1.165, 1.54) is 12.8 Å². The average molecular weight is 153 g/mol. The molecule has 0 bridgehead atoms. The smallest absolute Gasteiger partial charge is 0.0163 e. The van der Waals surface area contributed by atoms with Crippen molar-refractivity contribution in [2.75, 3.05) is 13.6 Å². The van der Waals surface area contributed by atoms with Gasteiger partial charge in [0.25, 0.3) is 0 Å². The fraction of sp³-hybridized carbons (Fsp3) is 0.800. The van der Waals surface area contributed by atoms with E-state index in [2.05, 4.69) is 37.9 Å². The molecule has 1 rings (SSSR count). The van der Waals surface area contributed by atoms with Crippen LogP contribution in [0.5, 0.6) is 0 Å². The monoisotopic (exact) mass is 153 g/mol. The van der Waals surface area contributed by atoms with Crippen LogP contribution in [0.1, 0.15) is 26.7 Å². The van der Waals surface area contributed by atoms with Gasteiger partial charge in [0.1, 0.15) is 0 Å². The molecule has 0 aromatic rings. The van der Waals surface area contributed by atoms with Gasteiger partial charge in [-0.25, -0.2) is 0 Å². The summed E-state index contributed by atoms with van der Waals surface area (Å²) in [6.07, 6.45) is 7.18. The normalized spacial score (nSPS) is 34.8. The van der Waals surface area contributed by atoms with Crippen molar-refractivity contribution in [3.05, 3.63) is 12.2 Å². The Morgan fingerprint density at radius 2 is 2.00 bits per heavy atom. The van der Waals surface area contributed by atoms with E-state index in [1.54, 1.807) is 0 Å². The van der Waals surface area contributed by atoms with Gasteiger partial charge in [-0.15, -0.1) is 0 Å². The van der Waals surface area contributed by atoms with Gasteiger partial charge in [0.05, 0.1) is 0 Å². The summed E-state index contributed by atoms with van der Waals surface area (Å²) in [4.78, 5) is 2.42. The molecule has 1 heterocycles. The van der Waals surface area contributed by atoms with Gasteiger partial charge in [0, 0.05) is 12.6 Å². The van der Waals surface area contributed by atoms with E-state index in [-0.39, 0.29) is 0 Å². The second kappa shape index (κ2) is 3.91. The van der Waals surface area contributed by atoms with Crippen LogP contribution in [0.3, 0.4) is 0 Å². The maximum Gasteiger partial charge on any atom is 0.0163 e. The van der Waals surface area contributed by atoms with Crippen LogP contribution in [0.15, 0.2) is 12.2 Å². The number of hydrogen-bond donors (Lipinski definition) is 0. The molecule has 1 heteroatoms. The Bertz CT molecular complexity index is 140. The van der Waals surface area contributed by atoms with E-state index in [0.717, 1.165) is 18.5 Å². The average Bonchev–Trinajstić information content (AvgIpc) is 2.00. The van der Waals surface area contributed by atoms with Gasteiger partial charge in [0.2, 0.25) is 0 Å². The lowest BCUT2D eigenvalue weighted by Crippen LogP contribution is -2.35. The highest BCUT2D eigenvalue weighted by Crippen LogP contribution is 2.17. The molecule has 0 aromatic carbocycles. The van der Waals surface area contributed by atoms with Crippen molar-refractivity contribution in [1.82, 2.24) is 4.90 Å². The van der Waals surface area contributed by atoms with Crippen molar-refractivity contribution in [2.45, 2.75) is 32.7 Å². The molecule has 0 aromatic heterocycles. The Morgan fingerprint density at radius 1 is 1.27 bits per heavy atom. The van der Waals surface area contributed by atoms with E-state index in [4.69, 9.17) is 0 Å². The van der Waals surface area contributed by atoms with Crippen LogP contribution in [0.2, 0.25) is 0 Å². The number of likely N-dealkylation sites (N-methyl/N-ethyl adjacent to an activating group) is 1. The summed E-state index contributed by atoms with van der Waals surface area (Å²) in [5, 5.41) is 0. The zero-order chi connectivity index (χ0) is 8.27. The van der Waals surface area contributed by atoms with Crippen LogP contribution < -0.4 is 0 Å². The van der Waals surface area contributed by atoms with E-state index in [1.807, 2.05) is 0 Å².